The minimum atomic E-state index is -0.163. The molecule has 2 aromatic carbocycles. The number of benzene rings is 2. The zero-order valence-electron chi connectivity index (χ0n) is 18.7. The van der Waals surface area contributed by atoms with E-state index in [-0.39, 0.29) is 5.91 Å². The lowest BCUT2D eigenvalue weighted by atomic mass is 9.99. The zero-order valence-corrected chi connectivity index (χ0v) is 18.7. The van der Waals surface area contributed by atoms with Gasteiger partial charge in [-0.3, -0.25) is 14.7 Å². The minimum Gasteiger partial charge on any atom is -0.320 e. The predicted octanol–water partition coefficient (Wildman–Crippen LogP) is 5.99. The standard InChI is InChI=1S/C27H31N3O/c1-19-16-22(18-30-15-8-7-10-20(30)2)17-28-26(19)27(31)29-25-14-9-13-24(21(25)3)23-11-5-4-6-12-23/h4-6,9,11-14,16-17,20H,7-8,10,15,18H2,1-3H3,(H,29,31)/t20-/m1/s1. The largest absolute Gasteiger partial charge is 0.320 e. The molecule has 4 heteroatoms. The summed E-state index contributed by atoms with van der Waals surface area (Å²) >= 11 is 0. The molecule has 0 unspecified atom stereocenters. The third-order valence-corrected chi connectivity index (χ3v) is 6.34. The highest BCUT2D eigenvalue weighted by molar-refractivity contribution is 6.04. The molecule has 31 heavy (non-hydrogen) atoms. The monoisotopic (exact) mass is 413 g/mol. The van der Waals surface area contributed by atoms with Crippen molar-refractivity contribution >= 4 is 11.6 Å². The van der Waals surface area contributed by atoms with Gasteiger partial charge >= 0.3 is 0 Å². The summed E-state index contributed by atoms with van der Waals surface area (Å²) in [7, 11) is 0. The number of aryl methyl sites for hydroxylation is 1. The van der Waals surface area contributed by atoms with E-state index in [0.717, 1.165) is 41.0 Å². The van der Waals surface area contributed by atoms with Crippen molar-refractivity contribution < 1.29 is 4.79 Å². The molecule has 160 valence electrons. The van der Waals surface area contributed by atoms with Crippen molar-refractivity contribution in [2.24, 2.45) is 0 Å². The number of amides is 1. The number of hydrogen-bond donors (Lipinski definition) is 1. The molecule has 2 heterocycles. The van der Waals surface area contributed by atoms with Crippen molar-refractivity contribution in [3.8, 4) is 11.1 Å². The molecule has 4 rings (SSSR count). The van der Waals surface area contributed by atoms with E-state index >= 15 is 0 Å². The van der Waals surface area contributed by atoms with Crippen molar-refractivity contribution in [3.05, 3.63) is 83.2 Å². The van der Waals surface area contributed by atoms with Crippen molar-refractivity contribution in [1.82, 2.24) is 9.88 Å². The Morgan fingerprint density at radius 2 is 1.90 bits per heavy atom. The van der Waals surface area contributed by atoms with Gasteiger partial charge in [0.2, 0.25) is 0 Å². The number of likely N-dealkylation sites (tertiary alicyclic amines) is 1. The Balaban J connectivity index is 1.50. The first-order chi connectivity index (χ1) is 15.0. The average Bonchev–Trinajstić information content (AvgIpc) is 2.77. The van der Waals surface area contributed by atoms with E-state index in [0.29, 0.717) is 11.7 Å². The highest BCUT2D eigenvalue weighted by atomic mass is 16.1. The number of piperidine rings is 1. The van der Waals surface area contributed by atoms with Gasteiger partial charge in [0.1, 0.15) is 5.69 Å². The summed E-state index contributed by atoms with van der Waals surface area (Å²) in [6.45, 7) is 8.35. The molecular formula is C27H31N3O. The molecule has 0 spiro atoms. The van der Waals surface area contributed by atoms with E-state index in [1.807, 2.05) is 50.4 Å². The summed E-state index contributed by atoms with van der Waals surface area (Å²) < 4.78 is 0. The third-order valence-electron chi connectivity index (χ3n) is 6.34. The Labute approximate surface area is 185 Å². The maximum atomic E-state index is 13.0. The molecular weight excluding hydrogens is 382 g/mol. The summed E-state index contributed by atoms with van der Waals surface area (Å²) in [6.07, 6.45) is 5.70. The molecule has 3 aromatic rings. The van der Waals surface area contributed by atoms with Crippen LogP contribution in [-0.4, -0.2) is 28.4 Å². The number of rotatable bonds is 5. The second-order valence-corrected chi connectivity index (χ2v) is 8.62. The van der Waals surface area contributed by atoms with E-state index < -0.39 is 0 Å². The molecule has 0 bridgehead atoms. The van der Waals surface area contributed by atoms with E-state index in [4.69, 9.17) is 0 Å². The minimum absolute atomic E-state index is 0.163. The molecule has 1 amide bonds. The zero-order chi connectivity index (χ0) is 21.8. The van der Waals surface area contributed by atoms with Crippen LogP contribution in [0.25, 0.3) is 11.1 Å². The Morgan fingerprint density at radius 3 is 2.65 bits per heavy atom. The smallest absolute Gasteiger partial charge is 0.274 e. The van der Waals surface area contributed by atoms with Crippen LogP contribution in [0.4, 0.5) is 5.69 Å². The Kier molecular flexibility index (Phi) is 6.47. The van der Waals surface area contributed by atoms with Crippen LogP contribution < -0.4 is 5.32 Å². The molecule has 1 fully saturated rings. The van der Waals surface area contributed by atoms with E-state index in [1.54, 1.807) is 0 Å². The van der Waals surface area contributed by atoms with Gasteiger partial charge in [0.15, 0.2) is 0 Å². The van der Waals surface area contributed by atoms with Crippen LogP contribution in [-0.2, 0) is 6.54 Å². The van der Waals surface area contributed by atoms with Crippen LogP contribution in [0.15, 0.2) is 60.8 Å². The van der Waals surface area contributed by atoms with Gasteiger partial charge in [-0.15, -0.1) is 0 Å². The van der Waals surface area contributed by atoms with Crippen molar-refractivity contribution in [2.75, 3.05) is 11.9 Å². The van der Waals surface area contributed by atoms with Gasteiger partial charge in [0.25, 0.3) is 5.91 Å². The first-order valence-electron chi connectivity index (χ1n) is 11.2. The Hall–Kier alpha value is -2.98. The van der Waals surface area contributed by atoms with Gasteiger partial charge in [-0.2, -0.15) is 0 Å². The second kappa shape index (κ2) is 9.44. The predicted molar refractivity (Wildman–Crippen MR) is 127 cm³/mol. The van der Waals surface area contributed by atoms with Crippen molar-refractivity contribution in [2.45, 2.75) is 52.6 Å². The van der Waals surface area contributed by atoms with Crippen molar-refractivity contribution in [1.29, 1.82) is 0 Å². The van der Waals surface area contributed by atoms with E-state index in [1.165, 1.54) is 24.8 Å². The number of nitrogens with zero attached hydrogens (tertiary/aromatic N) is 2. The summed E-state index contributed by atoms with van der Waals surface area (Å²) in [5, 5.41) is 3.07. The number of anilines is 1. The topological polar surface area (TPSA) is 45.2 Å². The number of nitrogens with one attached hydrogen (secondary N) is 1. The lowest BCUT2D eigenvalue weighted by molar-refractivity contribution is 0.102. The molecule has 1 N–H and O–H groups in total. The fourth-order valence-corrected chi connectivity index (χ4v) is 4.47. The lowest BCUT2D eigenvalue weighted by Crippen LogP contribution is -2.36. The highest BCUT2D eigenvalue weighted by Crippen LogP contribution is 2.29. The SMILES string of the molecule is Cc1cc(CN2CCCC[C@H]2C)cnc1C(=O)Nc1cccc(-c2ccccc2)c1C. The Morgan fingerprint density at radius 1 is 1.10 bits per heavy atom. The van der Waals surface area contributed by atoms with Crippen LogP contribution in [0.5, 0.6) is 0 Å². The van der Waals surface area contributed by atoms with Gasteiger partial charge in [-0.1, -0.05) is 55.0 Å². The number of carbonyl (C=O) groups is 1. The molecule has 1 atom stereocenters. The second-order valence-electron chi connectivity index (χ2n) is 8.62. The molecule has 0 radical (unpaired) electrons. The molecule has 1 saturated heterocycles. The first-order valence-corrected chi connectivity index (χ1v) is 11.2. The normalized spacial score (nSPS) is 16.8. The molecule has 0 aliphatic carbocycles. The van der Waals surface area contributed by atoms with Crippen LogP contribution >= 0.6 is 0 Å². The third kappa shape index (κ3) is 4.86. The number of carbonyl (C=O) groups excluding carboxylic acids is 1. The summed E-state index contributed by atoms with van der Waals surface area (Å²) in [6, 6.07) is 19.0. The van der Waals surface area contributed by atoms with Gasteiger partial charge in [-0.25, -0.2) is 0 Å². The van der Waals surface area contributed by atoms with E-state index in [2.05, 4.69) is 46.4 Å². The quantitative estimate of drug-likeness (QED) is 0.559. The van der Waals surface area contributed by atoms with Crippen LogP contribution in [0.3, 0.4) is 0 Å². The summed E-state index contributed by atoms with van der Waals surface area (Å²) in [5.41, 5.74) is 6.70. The number of hydrogen-bond acceptors (Lipinski definition) is 3. The van der Waals surface area contributed by atoms with E-state index in [9.17, 15) is 4.79 Å². The van der Waals surface area contributed by atoms with Gasteiger partial charge in [0, 0.05) is 24.5 Å². The fraction of sp³-hybridized carbons (Fsp3) is 0.333. The van der Waals surface area contributed by atoms with Crippen LogP contribution in [0.2, 0.25) is 0 Å². The van der Waals surface area contributed by atoms with Crippen LogP contribution in [0.1, 0.15) is 53.4 Å². The number of pyridine rings is 1. The highest BCUT2D eigenvalue weighted by Gasteiger charge is 2.19. The molecule has 1 aliphatic rings. The summed E-state index contributed by atoms with van der Waals surface area (Å²) in [5.74, 6) is -0.163. The maximum Gasteiger partial charge on any atom is 0.274 e. The van der Waals surface area contributed by atoms with Gasteiger partial charge < -0.3 is 5.32 Å². The maximum absolute atomic E-state index is 13.0. The molecule has 4 nitrogen and oxygen atoms in total. The molecule has 1 aromatic heterocycles. The first kappa shape index (κ1) is 21.3. The van der Waals surface area contributed by atoms with Gasteiger partial charge in [0.05, 0.1) is 0 Å². The fourth-order valence-electron chi connectivity index (χ4n) is 4.47. The Bertz CT molecular complexity index is 1060. The summed E-state index contributed by atoms with van der Waals surface area (Å²) in [4.78, 5) is 20.1. The van der Waals surface area contributed by atoms with Gasteiger partial charge in [-0.05, 0) is 74.0 Å². The van der Waals surface area contributed by atoms with Crippen LogP contribution in [0, 0.1) is 13.8 Å². The molecule has 1 aliphatic heterocycles. The van der Waals surface area contributed by atoms with Crippen molar-refractivity contribution in [3.63, 3.8) is 0 Å². The average molecular weight is 414 g/mol. The lowest BCUT2D eigenvalue weighted by Gasteiger charge is -2.33. The number of aromatic nitrogens is 1. The molecule has 0 saturated carbocycles.